The molecular formula is C15H17O3P. The topological polar surface area (TPSA) is 35.5 Å². The molecule has 0 saturated carbocycles. The molecule has 19 heavy (non-hydrogen) atoms. The van der Waals surface area contributed by atoms with Gasteiger partial charge in [0.05, 0.1) is 13.7 Å². The van der Waals surface area contributed by atoms with Crippen LogP contribution >= 0.6 is 8.03 Å². The average molecular weight is 276 g/mol. The Hall–Kier alpha value is -1.57. The predicted octanol–water partition coefficient (Wildman–Crippen LogP) is 3.50. The minimum atomic E-state index is -2.19. The van der Waals surface area contributed by atoms with Crippen molar-refractivity contribution < 1.29 is 13.8 Å². The third-order valence-corrected chi connectivity index (χ3v) is 4.25. The molecule has 0 spiro atoms. The van der Waals surface area contributed by atoms with E-state index in [-0.39, 0.29) is 0 Å². The number of hydrogen-bond acceptors (Lipinski definition) is 3. The summed E-state index contributed by atoms with van der Waals surface area (Å²) >= 11 is 0. The Kier molecular flexibility index (Phi) is 4.78. The van der Waals surface area contributed by atoms with Crippen LogP contribution in [-0.4, -0.2) is 13.7 Å². The van der Waals surface area contributed by atoms with Gasteiger partial charge in [-0.05, 0) is 36.2 Å². The second kappa shape index (κ2) is 6.55. The van der Waals surface area contributed by atoms with E-state index >= 15 is 0 Å². The van der Waals surface area contributed by atoms with Gasteiger partial charge in [-0.3, -0.25) is 4.57 Å². The van der Waals surface area contributed by atoms with Crippen LogP contribution in [0.25, 0.3) is 11.1 Å². The molecular weight excluding hydrogens is 259 g/mol. The Morgan fingerprint density at radius 1 is 1.05 bits per heavy atom. The zero-order chi connectivity index (χ0) is 13.7. The maximum atomic E-state index is 12.1. The highest BCUT2D eigenvalue weighted by molar-refractivity contribution is 7.48. The minimum Gasteiger partial charge on any atom is -0.497 e. The fourth-order valence-corrected chi connectivity index (χ4v) is 2.99. The molecule has 2 aromatic carbocycles. The second-order valence-electron chi connectivity index (χ2n) is 3.99. The molecule has 0 N–H and O–H groups in total. The number of rotatable bonds is 5. The molecule has 0 amide bonds. The third-order valence-electron chi connectivity index (χ3n) is 2.82. The van der Waals surface area contributed by atoms with E-state index in [2.05, 4.69) is 0 Å². The van der Waals surface area contributed by atoms with Crippen molar-refractivity contribution in [1.29, 1.82) is 0 Å². The Bertz CT molecular complexity index is 564. The standard InChI is InChI=1S/C15H17O3P/c1-3-18-19(16)15-7-5-4-6-14(15)12-8-10-13(17-2)11-9-12/h4-11,19H,3H2,1-2H3. The number of hydrogen-bond donors (Lipinski definition) is 0. The SMILES string of the molecule is CCO[PH](=O)c1ccccc1-c1ccc(OC)cc1. The molecule has 2 rings (SSSR count). The number of ether oxygens (including phenoxy) is 1. The molecule has 4 heteroatoms. The molecule has 1 atom stereocenters. The van der Waals surface area contributed by atoms with Gasteiger partial charge in [0.15, 0.2) is 0 Å². The average Bonchev–Trinajstić information content (AvgIpc) is 2.47. The van der Waals surface area contributed by atoms with Gasteiger partial charge in [0.2, 0.25) is 8.03 Å². The fourth-order valence-electron chi connectivity index (χ4n) is 1.89. The molecule has 0 bridgehead atoms. The van der Waals surface area contributed by atoms with Gasteiger partial charge in [-0.1, -0.05) is 30.3 Å². The van der Waals surface area contributed by atoms with Crippen LogP contribution in [0.15, 0.2) is 48.5 Å². The van der Waals surface area contributed by atoms with Gasteiger partial charge in [0, 0.05) is 5.30 Å². The Balaban J connectivity index is 2.40. The maximum absolute atomic E-state index is 12.1. The summed E-state index contributed by atoms with van der Waals surface area (Å²) in [5.74, 6) is 0.804. The highest BCUT2D eigenvalue weighted by Gasteiger charge is 2.10. The van der Waals surface area contributed by atoms with Crippen molar-refractivity contribution >= 4 is 13.3 Å². The normalized spacial score (nSPS) is 12.1. The van der Waals surface area contributed by atoms with E-state index in [0.717, 1.165) is 22.2 Å². The fraction of sp³-hybridized carbons (Fsp3) is 0.200. The monoisotopic (exact) mass is 276 g/mol. The molecule has 2 aromatic rings. The number of benzene rings is 2. The van der Waals surface area contributed by atoms with Crippen LogP contribution in [0.5, 0.6) is 5.75 Å². The summed E-state index contributed by atoms with van der Waals surface area (Å²) in [5, 5.41) is 0.763. The van der Waals surface area contributed by atoms with E-state index in [1.165, 1.54) is 0 Å². The lowest BCUT2D eigenvalue weighted by Crippen LogP contribution is -2.02. The van der Waals surface area contributed by atoms with E-state index in [4.69, 9.17) is 9.26 Å². The lowest BCUT2D eigenvalue weighted by atomic mass is 10.1. The first kappa shape index (κ1) is 13.9. The van der Waals surface area contributed by atoms with Crippen LogP contribution in [0, 0.1) is 0 Å². The molecule has 0 aliphatic heterocycles. The number of methoxy groups -OCH3 is 1. The molecule has 1 unspecified atom stereocenters. The van der Waals surface area contributed by atoms with Gasteiger partial charge < -0.3 is 9.26 Å². The first-order chi connectivity index (χ1) is 9.26. The van der Waals surface area contributed by atoms with Crippen LogP contribution in [0.4, 0.5) is 0 Å². The van der Waals surface area contributed by atoms with E-state index < -0.39 is 8.03 Å². The van der Waals surface area contributed by atoms with Crippen LogP contribution in [0.3, 0.4) is 0 Å². The quantitative estimate of drug-likeness (QED) is 0.784. The maximum Gasteiger partial charge on any atom is 0.221 e. The van der Waals surface area contributed by atoms with Gasteiger partial charge in [0.25, 0.3) is 0 Å². The smallest absolute Gasteiger partial charge is 0.221 e. The highest BCUT2D eigenvalue weighted by atomic mass is 31.1. The predicted molar refractivity (Wildman–Crippen MR) is 78.7 cm³/mol. The van der Waals surface area contributed by atoms with E-state index in [9.17, 15) is 4.57 Å². The molecule has 0 aromatic heterocycles. The van der Waals surface area contributed by atoms with Gasteiger partial charge in [-0.25, -0.2) is 0 Å². The van der Waals surface area contributed by atoms with Crippen LogP contribution in [-0.2, 0) is 9.09 Å². The summed E-state index contributed by atoms with van der Waals surface area (Å²) in [6.45, 7) is 2.30. The Morgan fingerprint density at radius 2 is 1.74 bits per heavy atom. The van der Waals surface area contributed by atoms with Gasteiger partial charge in [-0.2, -0.15) is 0 Å². The molecule has 0 saturated heterocycles. The Morgan fingerprint density at radius 3 is 2.37 bits per heavy atom. The van der Waals surface area contributed by atoms with E-state index in [1.54, 1.807) is 7.11 Å². The molecule has 0 aliphatic rings. The summed E-state index contributed by atoms with van der Waals surface area (Å²) in [7, 11) is -0.556. The lowest BCUT2D eigenvalue weighted by Gasteiger charge is -2.10. The van der Waals surface area contributed by atoms with Crippen molar-refractivity contribution in [2.45, 2.75) is 6.92 Å². The summed E-state index contributed by atoms with van der Waals surface area (Å²) < 4.78 is 22.5. The van der Waals surface area contributed by atoms with Gasteiger partial charge >= 0.3 is 0 Å². The van der Waals surface area contributed by atoms with Crippen molar-refractivity contribution in [3.63, 3.8) is 0 Å². The van der Waals surface area contributed by atoms with Crippen molar-refractivity contribution in [3.05, 3.63) is 48.5 Å². The largest absolute Gasteiger partial charge is 0.497 e. The third kappa shape index (κ3) is 3.25. The molecule has 0 fully saturated rings. The molecule has 0 radical (unpaired) electrons. The highest BCUT2D eigenvalue weighted by Crippen LogP contribution is 2.29. The van der Waals surface area contributed by atoms with Crippen molar-refractivity contribution in [1.82, 2.24) is 0 Å². The van der Waals surface area contributed by atoms with Gasteiger partial charge in [0.1, 0.15) is 5.75 Å². The van der Waals surface area contributed by atoms with Crippen molar-refractivity contribution in [2.75, 3.05) is 13.7 Å². The van der Waals surface area contributed by atoms with Crippen LogP contribution in [0.1, 0.15) is 6.92 Å². The Labute approximate surface area is 114 Å². The first-order valence-corrected chi connectivity index (χ1v) is 7.48. The summed E-state index contributed by atoms with van der Waals surface area (Å²) in [4.78, 5) is 0. The minimum absolute atomic E-state index is 0.453. The zero-order valence-electron chi connectivity index (χ0n) is 11.1. The first-order valence-electron chi connectivity index (χ1n) is 6.17. The molecule has 0 aliphatic carbocycles. The molecule has 0 heterocycles. The summed E-state index contributed by atoms with van der Waals surface area (Å²) in [5.41, 5.74) is 1.96. The van der Waals surface area contributed by atoms with Crippen molar-refractivity contribution in [2.24, 2.45) is 0 Å². The van der Waals surface area contributed by atoms with Crippen LogP contribution in [0.2, 0.25) is 0 Å². The lowest BCUT2D eigenvalue weighted by molar-refractivity contribution is 0.357. The second-order valence-corrected chi connectivity index (χ2v) is 5.40. The summed E-state index contributed by atoms with van der Waals surface area (Å²) in [6.07, 6.45) is 0. The zero-order valence-corrected chi connectivity index (χ0v) is 12.1. The molecule has 3 nitrogen and oxygen atoms in total. The summed E-state index contributed by atoms with van der Waals surface area (Å²) in [6, 6.07) is 15.3. The molecule has 100 valence electrons. The van der Waals surface area contributed by atoms with Crippen LogP contribution < -0.4 is 10.0 Å². The van der Waals surface area contributed by atoms with E-state index in [0.29, 0.717) is 6.61 Å². The van der Waals surface area contributed by atoms with Gasteiger partial charge in [-0.15, -0.1) is 0 Å². The van der Waals surface area contributed by atoms with Crippen molar-refractivity contribution in [3.8, 4) is 16.9 Å². The van der Waals surface area contributed by atoms with E-state index in [1.807, 2.05) is 55.5 Å².